The van der Waals surface area contributed by atoms with Crippen LogP contribution in [-0.4, -0.2) is 51.7 Å². The summed E-state index contributed by atoms with van der Waals surface area (Å²) in [4.78, 5) is 17.0. The summed E-state index contributed by atoms with van der Waals surface area (Å²) in [5.41, 5.74) is 1.72. The van der Waals surface area contributed by atoms with Gasteiger partial charge in [-0.15, -0.1) is 0 Å². The van der Waals surface area contributed by atoms with Gasteiger partial charge < -0.3 is 19.3 Å². The number of anilines is 1. The second-order valence-corrected chi connectivity index (χ2v) is 7.16. The Morgan fingerprint density at radius 2 is 1.93 bits per heavy atom. The van der Waals surface area contributed by atoms with E-state index in [-0.39, 0.29) is 5.91 Å². The van der Waals surface area contributed by atoms with Crippen molar-refractivity contribution in [1.82, 2.24) is 4.90 Å². The highest BCUT2D eigenvalue weighted by Crippen LogP contribution is 2.25. The number of methoxy groups -OCH3 is 1. The number of nitrogens with zero attached hydrogens (tertiary/aromatic N) is 2. The molecule has 5 heteroatoms. The van der Waals surface area contributed by atoms with Crippen molar-refractivity contribution in [3.05, 3.63) is 54.1 Å². The Kier molecular flexibility index (Phi) is 6.22. The van der Waals surface area contributed by atoms with Gasteiger partial charge in [-0.05, 0) is 37.1 Å². The predicted octanol–water partition coefficient (Wildman–Crippen LogP) is 3.69. The maximum atomic E-state index is 13.1. The topological polar surface area (TPSA) is 42.0 Å². The van der Waals surface area contributed by atoms with E-state index in [2.05, 4.69) is 0 Å². The first-order valence-corrected chi connectivity index (χ1v) is 9.41. The third kappa shape index (κ3) is 4.73. The van der Waals surface area contributed by atoms with Crippen LogP contribution in [0.15, 0.2) is 48.5 Å². The van der Waals surface area contributed by atoms with Crippen LogP contribution in [-0.2, 0) is 0 Å². The zero-order valence-electron chi connectivity index (χ0n) is 16.4. The number of carbonyl (C=O) groups is 1. The summed E-state index contributed by atoms with van der Waals surface area (Å²) < 4.78 is 11.2. The normalized spacial score (nSPS) is 16.7. The molecule has 0 bridgehead atoms. The highest BCUT2D eigenvalue weighted by Gasteiger charge is 2.26. The molecule has 5 nitrogen and oxygen atoms in total. The molecule has 0 aliphatic carbocycles. The predicted molar refractivity (Wildman–Crippen MR) is 108 cm³/mol. The van der Waals surface area contributed by atoms with E-state index >= 15 is 0 Å². The number of benzene rings is 2. The Morgan fingerprint density at radius 1 is 1.15 bits per heavy atom. The lowest BCUT2D eigenvalue weighted by Crippen LogP contribution is -2.42. The summed E-state index contributed by atoms with van der Waals surface area (Å²) in [6.45, 7) is 2.13. The zero-order valence-corrected chi connectivity index (χ0v) is 16.4. The second-order valence-electron chi connectivity index (χ2n) is 7.16. The van der Waals surface area contributed by atoms with Gasteiger partial charge >= 0.3 is 0 Å². The van der Waals surface area contributed by atoms with Crippen molar-refractivity contribution in [2.45, 2.75) is 12.8 Å². The fourth-order valence-corrected chi connectivity index (χ4v) is 3.51. The van der Waals surface area contributed by atoms with E-state index < -0.39 is 0 Å². The van der Waals surface area contributed by atoms with Crippen LogP contribution in [0.3, 0.4) is 0 Å². The van der Waals surface area contributed by atoms with Crippen LogP contribution in [0.5, 0.6) is 11.5 Å². The third-order valence-corrected chi connectivity index (χ3v) is 4.95. The largest absolute Gasteiger partial charge is 0.497 e. The highest BCUT2D eigenvalue weighted by atomic mass is 16.5. The average Bonchev–Trinajstić information content (AvgIpc) is 2.72. The number of rotatable bonds is 6. The molecule has 1 fully saturated rings. The average molecular weight is 368 g/mol. The maximum absolute atomic E-state index is 13.1. The standard InChI is InChI=1S/C22H28N2O3/c1-23(2)21-12-5-4-11-20(21)22(25)24-13-7-8-17(15-24)16-27-19-10-6-9-18(14-19)26-3/h4-6,9-12,14,17H,7-8,13,15-16H2,1-3H3/t17-/m1/s1. The fraction of sp³-hybridized carbons (Fsp3) is 0.409. The van der Waals surface area contributed by atoms with Crippen LogP contribution in [0, 0.1) is 5.92 Å². The Bertz CT molecular complexity index is 776. The molecule has 1 amide bonds. The molecule has 0 saturated carbocycles. The molecule has 1 saturated heterocycles. The van der Waals surface area contributed by atoms with Crippen LogP contribution < -0.4 is 14.4 Å². The smallest absolute Gasteiger partial charge is 0.255 e. The lowest BCUT2D eigenvalue weighted by molar-refractivity contribution is 0.0634. The van der Waals surface area contributed by atoms with Crippen molar-refractivity contribution in [2.75, 3.05) is 45.8 Å². The number of hydrogen-bond donors (Lipinski definition) is 0. The molecule has 0 aromatic heterocycles. The number of para-hydroxylation sites is 1. The first-order chi connectivity index (χ1) is 13.1. The van der Waals surface area contributed by atoms with Gasteiger partial charge in [0.15, 0.2) is 0 Å². The summed E-state index contributed by atoms with van der Waals surface area (Å²) in [5.74, 6) is 2.02. The molecule has 0 N–H and O–H groups in total. The van der Waals surface area contributed by atoms with E-state index in [9.17, 15) is 4.79 Å². The second kappa shape index (κ2) is 8.80. The Balaban J connectivity index is 1.63. The SMILES string of the molecule is COc1cccc(OC[C@@H]2CCCN(C(=O)c3ccccc3N(C)C)C2)c1. The first kappa shape index (κ1) is 19.1. The molecule has 0 spiro atoms. The quantitative estimate of drug-likeness (QED) is 0.780. The lowest BCUT2D eigenvalue weighted by atomic mass is 9.98. The molecule has 1 heterocycles. The monoisotopic (exact) mass is 368 g/mol. The number of piperidine rings is 1. The van der Waals surface area contributed by atoms with E-state index in [1.54, 1.807) is 7.11 Å². The van der Waals surface area contributed by atoms with Crippen molar-refractivity contribution in [2.24, 2.45) is 5.92 Å². The molecule has 0 radical (unpaired) electrons. The molecule has 1 aliphatic rings. The molecule has 3 rings (SSSR count). The summed E-state index contributed by atoms with van der Waals surface area (Å²) in [6.07, 6.45) is 2.07. The van der Waals surface area contributed by atoms with Gasteiger partial charge in [-0.25, -0.2) is 0 Å². The zero-order chi connectivity index (χ0) is 19.2. The maximum Gasteiger partial charge on any atom is 0.255 e. The Hall–Kier alpha value is -2.69. The summed E-state index contributed by atoms with van der Waals surface area (Å²) in [7, 11) is 5.58. The van der Waals surface area contributed by atoms with Crippen LogP contribution in [0.2, 0.25) is 0 Å². The van der Waals surface area contributed by atoms with E-state index in [1.807, 2.05) is 72.4 Å². The van der Waals surface area contributed by atoms with E-state index in [1.165, 1.54) is 0 Å². The van der Waals surface area contributed by atoms with Crippen molar-refractivity contribution in [1.29, 1.82) is 0 Å². The van der Waals surface area contributed by atoms with Crippen LogP contribution in [0.1, 0.15) is 23.2 Å². The third-order valence-electron chi connectivity index (χ3n) is 4.95. The number of carbonyl (C=O) groups excluding carboxylic acids is 1. The van der Waals surface area contributed by atoms with Gasteiger partial charge in [-0.2, -0.15) is 0 Å². The van der Waals surface area contributed by atoms with Gasteiger partial charge in [-0.1, -0.05) is 18.2 Å². The van der Waals surface area contributed by atoms with Crippen molar-refractivity contribution < 1.29 is 14.3 Å². The summed E-state index contributed by atoms with van der Waals surface area (Å²) in [5, 5.41) is 0. The molecular formula is C22H28N2O3. The number of likely N-dealkylation sites (tertiary alicyclic amines) is 1. The van der Waals surface area contributed by atoms with Gasteiger partial charge in [0.1, 0.15) is 11.5 Å². The molecule has 1 aliphatic heterocycles. The summed E-state index contributed by atoms with van der Waals surface area (Å²) >= 11 is 0. The molecule has 2 aromatic carbocycles. The summed E-state index contributed by atoms with van der Waals surface area (Å²) in [6, 6.07) is 15.4. The molecule has 0 unspecified atom stereocenters. The molecule has 1 atom stereocenters. The highest BCUT2D eigenvalue weighted by molar-refractivity contribution is 5.99. The number of hydrogen-bond acceptors (Lipinski definition) is 4. The van der Waals surface area contributed by atoms with Crippen LogP contribution in [0.4, 0.5) is 5.69 Å². The van der Waals surface area contributed by atoms with E-state index in [0.717, 1.165) is 48.7 Å². The Labute approximate surface area is 161 Å². The number of ether oxygens (including phenoxy) is 2. The minimum Gasteiger partial charge on any atom is -0.497 e. The fourth-order valence-electron chi connectivity index (χ4n) is 3.51. The molecule has 27 heavy (non-hydrogen) atoms. The minimum atomic E-state index is 0.102. The van der Waals surface area contributed by atoms with Crippen LogP contribution in [0.25, 0.3) is 0 Å². The molecular weight excluding hydrogens is 340 g/mol. The van der Waals surface area contributed by atoms with Gasteiger partial charge in [0.05, 0.1) is 19.3 Å². The van der Waals surface area contributed by atoms with Gasteiger partial charge in [0.25, 0.3) is 5.91 Å². The lowest BCUT2D eigenvalue weighted by Gasteiger charge is -2.33. The van der Waals surface area contributed by atoms with Gasteiger partial charge in [0, 0.05) is 44.9 Å². The van der Waals surface area contributed by atoms with E-state index in [4.69, 9.17) is 9.47 Å². The minimum absolute atomic E-state index is 0.102. The van der Waals surface area contributed by atoms with Crippen molar-refractivity contribution in [3.8, 4) is 11.5 Å². The van der Waals surface area contributed by atoms with E-state index in [0.29, 0.717) is 12.5 Å². The van der Waals surface area contributed by atoms with Gasteiger partial charge in [-0.3, -0.25) is 4.79 Å². The molecule has 144 valence electrons. The van der Waals surface area contributed by atoms with Crippen molar-refractivity contribution in [3.63, 3.8) is 0 Å². The Morgan fingerprint density at radius 3 is 2.70 bits per heavy atom. The van der Waals surface area contributed by atoms with Gasteiger partial charge in [0.2, 0.25) is 0 Å². The van der Waals surface area contributed by atoms with Crippen LogP contribution >= 0.6 is 0 Å². The molecule has 2 aromatic rings. The van der Waals surface area contributed by atoms with Crippen molar-refractivity contribution >= 4 is 11.6 Å². The number of amides is 1. The first-order valence-electron chi connectivity index (χ1n) is 9.41.